The topological polar surface area (TPSA) is 75.7 Å². The van der Waals surface area contributed by atoms with Gasteiger partial charge < -0.3 is 36.4 Å². The number of carbonyl (C=O) groups is 3. The van der Waals surface area contributed by atoms with Gasteiger partial charge in [-0.1, -0.05) is 56.3 Å². The highest BCUT2D eigenvalue weighted by atomic mass is 79.9. The normalized spacial score (nSPS) is 18.7. The smallest absolute Gasteiger partial charge is 0.339 e. The quantitative estimate of drug-likeness (QED) is 0.321. The van der Waals surface area contributed by atoms with Crippen LogP contribution in [0.3, 0.4) is 0 Å². The number of benzene rings is 2. The molecule has 208 valence electrons. The van der Waals surface area contributed by atoms with Gasteiger partial charge in [0.15, 0.2) is 6.54 Å². The number of nitrogens with one attached hydrogen (secondary N) is 1. The summed E-state index contributed by atoms with van der Waals surface area (Å²) in [4.78, 5) is 41.4. The molecule has 2 atom stereocenters. The standard InChI is InChI=1S/C30H41N3O4.BrH/c1-5-17-32(18-6-2)29(35)25-15-11-19-33(21-25,20-24-13-8-7-9-14-24)22-27(34)31-28-23(3)12-10-16-26(28)30(36)37-4;/h7-10,12-14,16,25H,5-6,11,15,17-22H2,1-4H3;1H. The van der Waals surface area contributed by atoms with E-state index in [0.717, 1.165) is 56.4 Å². The van der Waals surface area contributed by atoms with E-state index in [1.807, 2.05) is 36.1 Å². The predicted molar refractivity (Wildman–Crippen MR) is 146 cm³/mol. The van der Waals surface area contributed by atoms with Crippen molar-refractivity contribution in [1.82, 2.24) is 4.90 Å². The van der Waals surface area contributed by atoms with Crippen molar-refractivity contribution in [3.05, 3.63) is 65.2 Å². The summed E-state index contributed by atoms with van der Waals surface area (Å²) in [6.45, 7) is 9.97. The largest absolute Gasteiger partial charge is 1.00 e. The molecule has 0 spiro atoms. The number of para-hydroxylation sites is 1. The second-order valence-electron chi connectivity index (χ2n) is 10.3. The van der Waals surface area contributed by atoms with Gasteiger partial charge in [-0.3, -0.25) is 9.59 Å². The lowest BCUT2D eigenvalue weighted by Crippen LogP contribution is -3.00. The third-order valence-electron chi connectivity index (χ3n) is 7.22. The highest BCUT2D eigenvalue weighted by Gasteiger charge is 2.41. The molecule has 38 heavy (non-hydrogen) atoms. The van der Waals surface area contributed by atoms with Crippen LogP contribution >= 0.6 is 0 Å². The molecule has 0 saturated carbocycles. The first-order chi connectivity index (χ1) is 17.8. The molecule has 0 radical (unpaired) electrons. The van der Waals surface area contributed by atoms with Gasteiger partial charge in [0.1, 0.15) is 6.54 Å². The number of carbonyl (C=O) groups excluding carboxylic acids is 3. The fourth-order valence-corrected chi connectivity index (χ4v) is 5.57. The number of hydrogen-bond donors (Lipinski definition) is 1. The summed E-state index contributed by atoms with van der Waals surface area (Å²) in [5, 5.41) is 3.01. The van der Waals surface area contributed by atoms with E-state index >= 15 is 0 Å². The monoisotopic (exact) mass is 587 g/mol. The van der Waals surface area contributed by atoms with Crippen molar-refractivity contribution in [3.8, 4) is 0 Å². The van der Waals surface area contributed by atoms with Crippen LogP contribution in [0.25, 0.3) is 0 Å². The Labute approximate surface area is 237 Å². The first kappa shape index (κ1) is 31.5. The molecule has 0 bridgehead atoms. The van der Waals surface area contributed by atoms with Crippen molar-refractivity contribution in [2.45, 2.75) is 53.0 Å². The van der Waals surface area contributed by atoms with E-state index in [9.17, 15) is 14.4 Å². The lowest BCUT2D eigenvalue weighted by Gasteiger charge is -2.44. The zero-order valence-electron chi connectivity index (χ0n) is 23.2. The maximum Gasteiger partial charge on any atom is 0.339 e. The average molecular weight is 589 g/mol. The van der Waals surface area contributed by atoms with Gasteiger partial charge in [-0.2, -0.15) is 0 Å². The van der Waals surface area contributed by atoms with Crippen LogP contribution in [-0.4, -0.2) is 67.0 Å². The van der Waals surface area contributed by atoms with Crippen LogP contribution in [0.5, 0.6) is 0 Å². The molecule has 2 amide bonds. The Balaban J connectivity index is 0.00000507. The SMILES string of the molecule is CCCN(CCC)C(=O)C1CCC[N+](CC(=O)Nc2c(C)cccc2C(=O)OC)(Cc2ccccc2)C1.[Br-]. The van der Waals surface area contributed by atoms with Crippen molar-refractivity contribution in [3.63, 3.8) is 0 Å². The summed E-state index contributed by atoms with van der Waals surface area (Å²) in [5.74, 6) is -0.538. The Morgan fingerprint density at radius 1 is 1.03 bits per heavy atom. The molecule has 1 aliphatic rings. The number of hydrogen-bond acceptors (Lipinski definition) is 4. The molecule has 2 aromatic carbocycles. The van der Waals surface area contributed by atoms with E-state index in [4.69, 9.17) is 4.74 Å². The van der Waals surface area contributed by atoms with Crippen LogP contribution in [0.1, 0.15) is 61.0 Å². The van der Waals surface area contributed by atoms with Crippen LogP contribution in [0.15, 0.2) is 48.5 Å². The number of aryl methyl sites for hydroxylation is 1. The zero-order valence-corrected chi connectivity index (χ0v) is 24.8. The second-order valence-corrected chi connectivity index (χ2v) is 10.3. The zero-order chi connectivity index (χ0) is 26.8. The fraction of sp³-hybridized carbons (Fsp3) is 0.500. The van der Waals surface area contributed by atoms with E-state index in [-0.39, 0.29) is 41.3 Å². The summed E-state index contributed by atoms with van der Waals surface area (Å²) in [6, 6.07) is 15.5. The molecule has 3 rings (SSSR count). The highest BCUT2D eigenvalue weighted by molar-refractivity contribution is 6.02. The number of halogens is 1. The summed E-state index contributed by atoms with van der Waals surface area (Å²) < 4.78 is 5.44. The first-order valence-electron chi connectivity index (χ1n) is 13.5. The van der Waals surface area contributed by atoms with E-state index in [1.54, 1.807) is 12.1 Å². The summed E-state index contributed by atoms with van der Waals surface area (Å²) in [7, 11) is 1.33. The molecule has 2 aromatic rings. The Hall–Kier alpha value is -2.71. The minimum atomic E-state index is -0.484. The third kappa shape index (κ3) is 8.14. The lowest BCUT2D eigenvalue weighted by molar-refractivity contribution is -0.940. The minimum absolute atomic E-state index is 0. The average Bonchev–Trinajstić information content (AvgIpc) is 2.89. The Morgan fingerprint density at radius 3 is 2.34 bits per heavy atom. The van der Waals surface area contributed by atoms with Crippen molar-refractivity contribution in [1.29, 1.82) is 0 Å². The first-order valence-corrected chi connectivity index (χ1v) is 13.5. The molecule has 2 unspecified atom stereocenters. The molecule has 1 fully saturated rings. The van der Waals surface area contributed by atoms with E-state index in [2.05, 4.69) is 31.3 Å². The van der Waals surface area contributed by atoms with Crippen LogP contribution < -0.4 is 22.3 Å². The van der Waals surface area contributed by atoms with Gasteiger partial charge in [-0.05, 0) is 44.2 Å². The molecule has 0 aliphatic carbocycles. The molecule has 8 heteroatoms. The molecule has 1 heterocycles. The number of rotatable bonds is 11. The third-order valence-corrected chi connectivity index (χ3v) is 7.22. The number of ether oxygens (including phenoxy) is 1. The van der Waals surface area contributed by atoms with Crippen molar-refractivity contribution >= 4 is 23.5 Å². The maximum absolute atomic E-state index is 13.6. The summed E-state index contributed by atoms with van der Waals surface area (Å²) >= 11 is 0. The Bertz CT molecular complexity index is 1070. The Morgan fingerprint density at radius 2 is 1.71 bits per heavy atom. The van der Waals surface area contributed by atoms with Gasteiger partial charge in [0.25, 0.3) is 5.91 Å². The fourth-order valence-electron chi connectivity index (χ4n) is 5.57. The Kier molecular flexibility index (Phi) is 12.5. The number of piperidine rings is 1. The second kappa shape index (κ2) is 15.0. The molecule has 1 N–H and O–H groups in total. The van der Waals surface area contributed by atoms with E-state index in [1.165, 1.54) is 7.11 Å². The van der Waals surface area contributed by atoms with Crippen LogP contribution in [-0.2, 0) is 20.9 Å². The van der Waals surface area contributed by atoms with E-state index in [0.29, 0.717) is 28.8 Å². The molecule has 7 nitrogen and oxygen atoms in total. The van der Waals surface area contributed by atoms with Crippen LogP contribution in [0.4, 0.5) is 5.69 Å². The summed E-state index contributed by atoms with van der Waals surface area (Å²) in [6.07, 6.45) is 3.61. The maximum atomic E-state index is 13.6. The molecule has 1 saturated heterocycles. The number of anilines is 1. The number of nitrogens with zero attached hydrogens (tertiary/aromatic N) is 2. The van der Waals surface area contributed by atoms with Crippen molar-refractivity contribution < 1.29 is 40.6 Å². The molecular formula is C30H42BrN3O4. The van der Waals surface area contributed by atoms with Crippen LogP contribution in [0, 0.1) is 12.8 Å². The van der Waals surface area contributed by atoms with Gasteiger partial charge in [-0.25, -0.2) is 4.79 Å². The van der Waals surface area contributed by atoms with Gasteiger partial charge in [-0.15, -0.1) is 0 Å². The van der Waals surface area contributed by atoms with Gasteiger partial charge in [0.2, 0.25) is 5.91 Å². The summed E-state index contributed by atoms with van der Waals surface area (Å²) in [5.41, 5.74) is 2.77. The van der Waals surface area contributed by atoms with Crippen molar-refractivity contribution in [2.24, 2.45) is 5.92 Å². The molecular weight excluding hydrogens is 546 g/mol. The van der Waals surface area contributed by atoms with E-state index < -0.39 is 5.97 Å². The number of methoxy groups -OCH3 is 1. The van der Waals surface area contributed by atoms with Gasteiger partial charge >= 0.3 is 5.97 Å². The van der Waals surface area contributed by atoms with Crippen LogP contribution in [0.2, 0.25) is 0 Å². The number of esters is 1. The number of amides is 2. The minimum Gasteiger partial charge on any atom is -1.00 e. The van der Waals surface area contributed by atoms with Gasteiger partial charge in [0, 0.05) is 18.7 Å². The van der Waals surface area contributed by atoms with Crippen molar-refractivity contribution in [2.75, 3.05) is 45.2 Å². The lowest BCUT2D eigenvalue weighted by atomic mass is 9.93. The molecule has 0 aromatic heterocycles. The number of quaternary nitrogens is 1. The predicted octanol–water partition coefficient (Wildman–Crippen LogP) is 1.80. The molecule has 1 aliphatic heterocycles. The number of likely N-dealkylation sites (tertiary alicyclic amines) is 1. The highest BCUT2D eigenvalue weighted by Crippen LogP contribution is 2.29. The van der Waals surface area contributed by atoms with Gasteiger partial charge in [0.05, 0.1) is 37.4 Å².